The van der Waals surface area contributed by atoms with Gasteiger partial charge in [-0.2, -0.15) is 4.31 Å². The molecule has 85 heavy (non-hydrogen) atoms. The molecule has 438 valence electrons. The van der Waals surface area contributed by atoms with E-state index in [-0.39, 0.29) is 31.0 Å². The second kappa shape index (κ2) is 26.8. The second-order valence-electron chi connectivity index (χ2n) is 20.8. The summed E-state index contributed by atoms with van der Waals surface area (Å²) in [6.07, 6.45) is 12.7. The fourth-order valence-electron chi connectivity index (χ4n) is 11.1. The minimum absolute atomic E-state index is 0.0699. The maximum absolute atomic E-state index is 13.3. The predicted octanol–water partition coefficient (Wildman–Crippen LogP) is 13.5. The minimum atomic E-state index is -3.71. The van der Waals surface area contributed by atoms with Crippen LogP contribution < -0.4 is 14.8 Å². The van der Waals surface area contributed by atoms with Crippen molar-refractivity contribution in [2.75, 3.05) is 59.0 Å². The molecule has 0 radical (unpaired) electrons. The van der Waals surface area contributed by atoms with Gasteiger partial charge < -0.3 is 14.8 Å². The van der Waals surface area contributed by atoms with Crippen LogP contribution in [-0.2, 0) is 19.1 Å². The molecule has 0 aromatic heterocycles. The highest BCUT2D eigenvalue weighted by atomic mass is 35.7. The lowest BCUT2D eigenvalue weighted by atomic mass is 9.95. The number of ether oxygens (including phenoxy) is 2. The summed E-state index contributed by atoms with van der Waals surface area (Å²) in [5.41, 5.74) is 12.2. The van der Waals surface area contributed by atoms with E-state index in [9.17, 15) is 45.8 Å². The minimum Gasteiger partial charge on any atom is -0.493 e. The molecule has 2 fully saturated rings. The van der Waals surface area contributed by atoms with Gasteiger partial charge >= 0.3 is 0 Å². The number of piperazine rings is 1. The van der Waals surface area contributed by atoms with Gasteiger partial charge in [-0.15, -0.1) is 0 Å². The number of nitrogens with one attached hydrogen (secondary N) is 1. The number of fused-ring (bicyclic) bond motifs is 6. The molecule has 7 aromatic carbocycles. The number of allylic oxidation sites excluding steroid dienone is 5. The summed E-state index contributed by atoms with van der Waals surface area (Å²) in [7, 11) is -2.39. The van der Waals surface area contributed by atoms with E-state index in [1.807, 2.05) is 72.8 Å². The first kappa shape index (κ1) is 60.0. The summed E-state index contributed by atoms with van der Waals surface area (Å²) in [5.74, 6) is 0.940. The molecule has 0 unspecified atom stereocenters. The third-order valence-electron chi connectivity index (χ3n) is 15.5. The van der Waals surface area contributed by atoms with Crippen LogP contribution in [0.1, 0.15) is 65.5 Å². The highest BCUT2D eigenvalue weighted by molar-refractivity contribution is 8.13. The van der Waals surface area contributed by atoms with E-state index >= 15 is 0 Å². The Bertz CT molecular complexity index is 3990. The number of non-ortho nitro benzene ring substituents is 2. The van der Waals surface area contributed by atoms with Gasteiger partial charge in [-0.1, -0.05) is 72.8 Å². The molecule has 15 nitrogen and oxygen atoms in total. The molecule has 2 saturated heterocycles. The van der Waals surface area contributed by atoms with Gasteiger partial charge in [-0.3, -0.25) is 25.1 Å². The van der Waals surface area contributed by atoms with Crippen molar-refractivity contribution >= 4 is 70.0 Å². The van der Waals surface area contributed by atoms with E-state index in [2.05, 4.69) is 46.7 Å². The third-order valence-corrected chi connectivity index (χ3v) is 18.7. The average Bonchev–Trinajstić information content (AvgIpc) is 1.86. The topological polar surface area (TPSA) is 192 Å². The van der Waals surface area contributed by atoms with Crippen molar-refractivity contribution in [2.45, 2.75) is 41.9 Å². The van der Waals surface area contributed by atoms with E-state index in [1.165, 1.54) is 28.6 Å². The predicted molar refractivity (Wildman–Crippen MR) is 327 cm³/mol. The number of para-hydroxylation sites is 2. The molecule has 20 heteroatoms. The summed E-state index contributed by atoms with van der Waals surface area (Å²) in [4.78, 5) is 24.6. The lowest BCUT2D eigenvalue weighted by molar-refractivity contribution is -0.385. The number of hydrogen-bond donors (Lipinski definition) is 1. The lowest BCUT2D eigenvalue weighted by Gasteiger charge is -2.31. The number of rotatable bonds is 15. The summed E-state index contributed by atoms with van der Waals surface area (Å²) >= 11 is 0. The molecular formula is C65H60ClF2N5O10S2. The lowest BCUT2D eigenvalue weighted by Crippen LogP contribution is -2.44. The zero-order valence-corrected chi connectivity index (χ0v) is 48.5. The van der Waals surface area contributed by atoms with Crippen LogP contribution in [0.3, 0.4) is 0 Å². The summed E-state index contributed by atoms with van der Waals surface area (Å²) < 4.78 is 86.4. The first-order valence-electron chi connectivity index (χ1n) is 27.9. The van der Waals surface area contributed by atoms with Crippen molar-refractivity contribution in [3.05, 3.63) is 241 Å². The largest absolute Gasteiger partial charge is 0.493 e. The molecule has 2 heterocycles. The Morgan fingerprint density at radius 1 is 0.565 bits per heavy atom. The van der Waals surface area contributed by atoms with Crippen LogP contribution in [0, 0.1) is 37.8 Å². The van der Waals surface area contributed by atoms with Crippen LogP contribution >= 0.6 is 10.7 Å². The van der Waals surface area contributed by atoms with Gasteiger partial charge in [0.25, 0.3) is 20.4 Å². The number of nitro groups is 2. The highest BCUT2D eigenvalue weighted by Gasteiger charge is 2.32. The maximum atomic E-state index is 13.3. The van der Waals surface area contributed by atoms with Gasteiger partial charge in [0.1, 0.15) is 29.7 Å². The smallest absolute Gasteiger partial charge is 0.270 e. The van der Waals surface area contributed by atoms with Gasteiger partial charge in [-0.05, 0) is 179 Å². The Morgan fingerprint density at radius 2 is 1.06 bits per heavy atom. The van der Waals surface area contributed by atoms with Gasteiger partial charge in [0, 0.05) is 91.9 Å². The van der Waals surface area contributed by atoms with Crippen molar-refractivity contribution in [3.63, 3.8) is 0 Å². The quantitative estimate of drug-likeness (QED) is 0.0581. The molecule has 3 aliphatic carbocycles. The van der Waals surface area contributed by atoms with Crippen LogP contribution in [-0.4, -0.2) is 94.9 Å². The molecule has 0 atom stereocenters. The summed E-state index contributed by atoms with van der Waals surface area (Å²) in [5, 5.41) is 26.3. The summed E-state index contributed by atoms with van der Waals surface area (Å²) in [6.45, 7) is 6.98. The first-order chi connectivity index (χ1) is 41.0. The van der Waals surface area contributed by atoms with Crippen LogP contribution in [0.15, 0.2) is 185 Å². The number of benzene rings is 7. The Labute approximate surface area is 497 Å². The molecule has 12 rings (SSSR count). The number of hydrogen-bond acceptors (Lipinski definition) is 12. The molecule has 7 aromatic rings. The van der Waals surface area contributed by atoms with Crippen LogP contribution in [0.2, 0.25) is 0 Å². The van der Waals surface area contributed by atoms with Crippen molar-refractivity contribution in [1.82, 2.24) is 14.5 Å². The van der Waals surface area contributed by atoms with Crippen molar-refractivity contribution < 1.29 is 44.9 Å². The van der Waals surface area contributed by atoms with Crippen LogP contribution in [0.5, 0.6) is 11.5 Å². The number of sulfonamides is 1. The monoisotopic (exact) mass is 1210 g/mol. The van der Waals surface area contributed by atoms with Crippen LogP contribution in [0.25, 0.3) is 40.0 Å². The third kappa shape index (κ3) is 14.3. The number of nitrogens with zero attached hydrogens (tertiary/aromatic N) is 4. The number of nitro benzene ring substituents is 2. The van der Waals surface area contributed by atoms with Crippen LogP contribution in [0.4, 0.5) is 20.2 Å². The number of halogens is 3. The zero-order chi connectivity index (χ0) is 59.7. The molecule has 5 aliphatic rings. The second-order valence-corrected chi connectivity index (χ2v) is 25.3. The maximum Gasteiger partial charge on any atom is 0.270 e. The fourth-order valence-corrected chi connectivity index (χ4v) is 13.3. The zero-order valence-electron chi connectivity index (χ0n) is 46.1. The standard InChI is InChI=1S/C33H31FN2O5S.C26H25N3O3.C6H4ClFO2S/c34-25-9-12-27(13-10-25)42(39,40)35-18-15-23(16-19-35)17-20-41-33-8-4-1-5-24(33)21-31-29-7-3-2-6-28(29)30-14-11-26(36(37)38)22-32(30)31;30-29(31)20-9-10-23-21-6-2-3-7-22(21)24(25(23)18-20)17-19-5-1-4-8-26(19)32-16-15-28-13-11-27-12-14-28;7-11(9,10)6-3-1-5(8)2-4-6/h1,4-14,21-23H,2-3,15-20H2;1-10,17-18,27H,11-16H2;1-4H. The molecular weight excluding hydrogens is 1150 g/mol. The normalized spacial score (nSPS) is 16.7. The van der Waals surface area contributed by atoms with E-state index < -0.39 is 30.7 Å². The molecule has 2 aliphatic heterocycles. The van der Waals surface area contributed by atoms with Crippen molar-refractivity contribution in [2.24, 2.45) is 5.92 Å². The fraction of sp³-hybridized carbons (Fsp3) is 0.231. The number of piperidine rings is 1. The summed E-state index contributed by atoms with van der Waals surface area (Å²) in [6, 6.07) is 43.3. The average molecular weight is 1210 g/mol. The van der Waals surface area contributed by atoms with Gasteiger partial charge in [-0.25, -0.2) is 25.6 Å². The molecule has 0 bridgehead atoms. The van der Waals surface area contributed by atoms with Crippen molar-refractivity contribution in [1.29, 1.82) is 0 Å². The van der Waals surface area contributed by atoms with E-state index in [1.54, 1.807) is 24.3 Å². The van der Waals surface area contributed by atoms with E-state index in [4.69, 9.17) is 20.2 Å². The Morgan fingerprint density at radius 3 is 1.65 bits per heavy atom. The van der Waals surface area contributed by atoms with Gasteiger partial charge in [0.2, 0.25) is 10.0 Å². The molecule has 0 amide bonds. The first-order valence-corrected chi connectivity index (χ1v) is 31.6. The Kier molecular flexibility index (Phi) is 18.9. The molecule has 0 spiro atoms. The Balaban J connectivity index is 0.000000164. The van der Waals surface area contributed by atoms with E-state index in [0.29, 0.717) is 32.2 Å². The van der Waals surface area contributed by atoms with Gasteiger partial charge in [0.15, 0.2) is 0 Å². The molecule has 1 N–H and O–H groups in total. The van der Waals surface area contributed by atoms with Crippen molar-refractivity contribution in [3.8, 4) is 22.6 Å². The highest BCUT2D eigenvalue weighted by Crippen LogP contribution is 2.50. The molecule has 0 saturated carbocycles. The van der Waals surface area contributed by atoms with Gasteiger partial charge in [0.05, 0.1) is 26.2 Å². The Hall–Kier alpha value is -8.17. The van der Waals surface area contributed by atoms with E-state index in [0.717, 1.165) is 167 Å². The SMILES string of the molecule is O=S(=O)(Cl)c1ccc(F)cc1.O=[N+]([O-])c1ccc2c(c1)C(=Cc1ccccc1OCCC1CCN(S(=O)(=O)c3ccc(F)cc3)CC1)C1=CCCC=C12.O=[N+]([O-])c1ccc2c(c1)C(=Cc1ccccc1OCCN1CCNCC1)c1ccccc1-2.